The molecule has 1 atom stereocenters. The molecule has 12 nitrogen and oxygen atoms in total. The Hall–Kier alpha value is -3.16. The minimum absolute atomic E-state index is 0.00213. The lowest BCUT2D eigenvalue weighted by molar-refractivity contribution is -0.384. The van der Waals surface area contributed by atoms with Crippen molar-refractivity contribution in [2.75, 3.05) is 24.8 Å². The Morgan fingerprint density at radius 2 is 2.23 bits per heavy atom. The van der Waals surface area contributed by atoms with Gasteiger partial charge in [0, 0.05) is 31.5 Å². The Morgan fingerprint density at radius 3 is 2.89 bits per heavy atom. The number of non-ortho nitro benzene ring substituents is 1. The first-order valence-electron chi connectivity index (χ1n) is 10.9. The summed E-state index contributed by atoms with van der Waals surface area (Å²) in [4.78, 5) is 23.2. The summed E-state index contributed by atoms with van der Waals surface area (Å²) in [7, 11) is 1.40. The summed E-state index contributed by atoms with van der Waals surface area (Å²) < 4.78 is 14.5. The standard InChI is InChI=1S/C21H24ClN7O5S/c1-3-27-11-17(22)19(26-27)20-24-25-21(28(20)10-15-5-4-6-34-15)35-12-18(30)23-13-7-14(29(31)32)9-16(8-13)33-2/h7-9,11,15H,3-6,10,12H2,1-2H3,(H,23,30)/t15-/m1/s1. The number of rotatable bonds is 10. The number of nitro benzene ring substituents is 1. The van der Waals surface area contributed by atoms with Crippen LogP contribution in [0.4, 0.5) is 11.4 Å². The number of methoxy groups -OCH3 is 1. The number of thioether (sulfide) groups is 1. The average molecular weight is 522 g/mol. The van der Waals surface area contributed by atoms with Gasteiger partial charge in [0.1, 0.15) is 11.4 Å². The minimum atomic E-state index is -0.549. The van der Waals surface area contributed by atoms with Gasteiger partial charge in [0.05, 0.1) is 47.2 Å². The molecule has 1 aromatic carbocycles. The van der Waals surface area contributed by atoms with Crippen LogP contribution in [-0.2, 0) is 22.6 Å². The summed E-state index contributed by atoms with van der Waals surface area (Å²) in [5.41, 5.74) is 0.593. The molecular formula is C21H24ClN7O5S. The van der Waals surface area contributed by atoms with Crippen LogP contribution in [-0.4, -0.2) is 60.9 Å². The molecule has 1 saturated heterocycles. The van der Waals surface area contributed by atoms with Gasteiger partial charge in [0.2, 0.25) is 5.91 Å². The first kappa shape index (κ1) is 24.9. The average Bonchev–Trinajstić information content (AvgIpc) is 3.58. The van der Waals surface area contributed by atoms with Crippen molar-refractivity contribution in [1.82, 2.24) is 24.5 Å². The molecule has 2 aromatic heterocycles. The summed E-state index contributed by atoms with van der Waals surface area (Å²) in [6.07, 6.45) is 3.62. The van der Waals surface area contributed by atoms with E-state index in [-0.39, 0.29) is 34.9 Å². The number of nitrogens with zero attached hydrogens (tertiary/aromatic N) is 6. The molecule has 1 aliphatic rings. The number of nitro groups is 1. The van der Waals surface area contributed by atoms with Crippen molar-refractivity contribution in [3.05, 3.63) is 39.5 Å². The Balaban J connectivity index is 1.52. The number of ether oxygens (including phenoxy) is 2. The van der Waals surface area contributed by atoms with E-state index in [4.69, 9.17) is 21.1 Å². The van der Waals surface area contributed by atoms with Crippen LogP contribution in [0, 0.1) is 10.1 Å². The fourth-order valence-corrected chi connectivity index (χ4v) is 4.63. The Kier molecular flexibility index (Phi) is 7.88. The first-order chi connectivity index (χ1) is 16.9. The van der Waals surface area contributed by atoms with Crippen LogP contribution in [0.15, 0.2) is 29.6 Å². The summed E-state index contributed by atoms with van der Waals surface area (Å²) in [6.45, 7) is 3.82. The number of nitrogens with one attached hydrogen (secondary N) is 1. The molecule has 1 aliphatic heterocycles. The molecule has 0 aliphatic carbocycles. The molecule has 1 N–H and O–H groups in total. The number of aromatic nitrogens is 5. The van der Waals surface area contributed by atoms with E-state index in [0.29, 0.717) is 41.4 Å². The molecule has 14 heteroatoms. The number of hydrogen-bond donors (Lipinski definition) is 1. The zero-order valence-electron chi connectivity index (χ0n) is 19.1. The maximum atomic E-state index is 12.6. The van der Waals surface area contributed by atoms with Gasteiger partial charge in [-0.05, 0) is 19.8 Å². The van der Waals surface area contributed by atoms with Crippen molar-refractivity contribution in [3.8, 4) is 17.3 Å². The lowest BCUT2D eigenvalue weighted by atomic mass is 10.2. The molecule has 35 heavy (non-hydrogen) atoms. The van der Waals surface area contributed by atoms with Crippen molar-refractivity contribution < 1.29 is 19.2 Å². The summed E-state index contributed by atoms with van der Waals surface area (Å²) >= 11 is 7.60. The predicted molar refractivity (Wildman–Crippen MR) is 130 cm³/mol. The highest BCUT2D eigenvalue weighted by molar-refractivity contribution is 7.99. The van der Waals surface area contributed by atoms with Crippen molar-refractivity contribution in [1.29, 1.82) is 0 Å². The van der Waals surface area contributed by atoms with Crippen molar-refractivity contribution >= 4 is 40.6 Å². The molecule has 1 fully saturated rings. The monoisotopic (exact) mass is 521 g/mol. The van der Waals surface area contributed by atoms with E-state index in [1.165, 1.54) is 37.1 Å². The molecule has 4 rings (SSSR count). The summed E-state index contributed by atoms with van der Waals surface area (Å²) in [5.74, 6) is 0.417. The van der Waals surface area contributed by atoms with E-state index in [2.05, 4.69) is 20.6 Å². The number of hydrogen-bond acceptors (Lipinski definition) is 9. The van der Waals surface area contributed by atoms with Gasteiger partial charge in [-0.2, -0.15) is 5.10 Å². The van der Waals surface area contributed by atoms with Crippen LogP contribution in [0.25, 0.3) is 11.5 Å². The maximum Gasteiger partial charge on any atom is 0.275 e. The van der Waals surface area contributed by atoms with Gasteiger partial charge in [0.25, 0.3) is 5.69 Å². The van der Waals surface area contributed by atoms with Gasteiger partial charge in [-0.1, -0.05) is 23.4 Å². The zero-order valence-corrected chi connectivity index (χ0v) is 20.7. The fourth-order valence-electron chi connectivity index (χ4n) is 3.64. The summed E-state index contributed by atoms with van der Waals surface area (Å²) in [6, 6.07) is 4.07. The second kappa shape index (κ2) is 11.1. The Bertz CT molecular complexity index is 1220. The lowest BCUT2D eigenvalue weighted by Gasteiger charge is -2.14. The maximum absolute atomic E-state index is 12.6. The number of carbonyl (C=O) groups is 1. The molecule has 0 unspecified atom stereocenters. The highest BCUT2D eigenvalue weighted by atomic mass is 35.5. The van der Waals surface area contributed by atoms with Gasteiger partial charge in [-0.3, -0.25) is 24.2 Å². The van der Waals surface area contributed by atoms with E-state index in [1.807, 2.05) is 11.5 Å². The molecule has 0 saturated carbocycles. The largest absolute Gasteiger partial charge is 0.496 e. The molecule has 3 aromatic rings. The van der Waals surface area contributed by atoms with Crippen LogP contribution in [0.2, 0.25) is 5.02 Å². The Labute approximate surface area is 210 Å². The quantitative estimate of drug-likeness (QED) is 0.240. The second-order valence-corrected chi connectivity index (χ2v) is 9.10. The Morgan fingerprint density at radius 1 is 1.40 bits per heavy atom. The van der Waals surface area contributed by atoms with E-state index >= 15 is 0 Å². The normalized spacial score (nSPS) is 15.3. The number of amides is 1. The zero-order chi connectivity index (χ0) is 24.9. The highest BCUT2D eigenvalue weighted by Crippen LogP contribution is 2.30. The van der Waals surface area contributed by atoms with Crippen LogP contribution >= 0.6 is 23.4 Å². The topological polar surface area (TPSA) is 139 Å². The van der Waals surface area contributed by atoms with Gasteiger partial charge < -0.3 is 14.8 Å². The van der Waals surface area contributed by atoms with Crippen LogP contribution in [0.1, 0.15) is 19.8 Å². The number of carbonyl (C=O) groups excluding carboxylic acids is 1. The molecule has 0 spiro atoms. The van der Waals surface area contributed by atoms with Gasteiger partial charge in [-0.15, -0.1) is 10.2 Å². The number of anilines is 1. The van der Waals surface area contributed by atoms with E-state index < -0.39 is 4.92 Å². The molecular weight excluding hydrogens is 498 g/mol. The van der Waals surface area contributed by atoms with Crippen molar-refractivity contribution in [2.24, 2.45) is 0 Å². The summed E-state index contributed by atoms with van der Waals surface area (Å²) in [5, 5.41) is 27.9. The molecule has 3 heterocycles. The second-order valence-electron chi connectivity index (χ2n) is 7.75. The van der Waals surface area contributed by atoms with E-state index in [0.717, 1.165) is 12.8 Å². The van der Waals surface area contributed by atoms with Gasteiger partial charge in [0.15, 0.2) is 11.0 Å². The van der Waals surface area contributed by atoms with Crippen LogP contribution in [0.3, 0.4) is 0 Å². The third-order valence-corrected chi connectivity index (χ3v) is 6.58. The van der Waals surface area contributed by atoms with E-state index in [9.17, 15) is 14.9 Å². The minimum Gasteiger partial charge on any atom is -0.496 e. The van der Waals surface area contributed by atoms with Crippen molar-refractivity contribution in [2.45, 2.75) is 44.1 Å². The highest BCUT2D eigenvalue weighted by Gasteiger charge is 2.25. The fraction of sp³-hybridized carbons (Fsp3) is 0.429. The van der Waals surface area contributed by atoms with Gasteiger partial charge in [-0.25, -0.2) is 0 Å². The lowest BCUT2D eigenvalue weighted by Crippen LogP contribution is -2.18. The first-order valence-corrected chi connectivity index (χ1v) is 12.3. The van der Waals surface area contributed by atoms with Gasteiger partial charge >= 0.3 is 0 Å². The van der Waals surface area contributed by atoms with Crippen LogP contribution in [0.5, 0.6) is 5.75 Å². The number of aryl methyl sites for hydroxylation is 1. The van der Waals surface area contributed by atoms with Crippen molar-refractivity contribution in [3.63, 3.8) is 0 Å². The molecule has 1 amide bonds. The smallest absolute Gasteiger partial charge is 0.275 e. The number of halogens is 1. The van der Waals surface area contributed by atoms with Crippen LogP contribution < -0.4 is 10.1 Å². The molecule has 186 valence electrons. The van der Waals surface area contributed by atoms with E-state index in [1.54, 1.807) is 10.9 Å². The molecule has 0 radical (unpaired) electrons. The predicted octanol–water partition coefficient (Wildman–Crippen LogP) is 3.64. The SMILES string of the molecule is CCn1cc(Cl)c(-c2nnc(SCC(=O)Nc3cc(OC)cc([N+](=O)[O-])c3)n2C[C@H]2CCCO2)n1. The third kappa shape index (κ3) is 5.92. The number of benzene rings is 1. The molecule has 0 bridgehead atoms. The third-order valence-electron chi connectivity index (χ3n) is 5.33.